The summed E-state index contributed by atoms with van der Waals surface area (Å²) in [5.41, 5.74) is -0.180. The summed E-state index contributed by atoms with van der Waals surface area (Å²) in [6, 6.07) is -0.0909. The van der Waals surface area contributed by atoms with Gasteiger partial charge in [0.15, 0.2) is 6.23 Å². The second kappa shape index (κ2) is 6.26. The number of hydrogen-bond donors (Lipinski definition) is 0. The highest BCUT2D eigenvalue weighted by Gasteiger charge is 2.48. The van der Waals surface area contributed by atoms with Gasteiger partial charge in [0.05, 0.1) is 0 Å². The summed E-state index contributed by atoms with van der Waals surface area (Å²) < 4.78 is 5.60. The number of esters is 1. The smallest absolute Gasteiger partial charge is 0.322 e. The van der Waals surface area contributed by atoms with Crippen molar-refractivity contribution in [1.82, 2.24) is 9.80 Å². The van der Waals surface area contributed by atoms with Gasteiger partial charge < -0.3 is 9.64 Å². The van der Waals surface area contributed by atoms with Gasteiger partial charge in [0.2, 0.25) is 0 Å². The summed E-state index contributed by atoms with van der Waals surface area (Å²) in [5, 5.41) is 0. The van der Waals surface area contributed by atoms with E-state index in [9.17, 15) is 9.59 Å². The minimum absolute atomic E-state index is 0.0909. The van der Waals surface area contributed by atoms with Gasteiger partial charge >= 0.3 is 12.0 Å². The summed E-state index contributed by atoms with van der Waals surface area (Å²) in [4.78, 5) is 27.1. The molecule has 0 N–H and O–H groups in total. The van der Waals surface area contributed by atoms with Crippen LogP contribution >= 0.6 is 0 Å². The Morgan fingerprint density at radius 1 is 1.32 bits per heavy atom. The van der Waals surface area contributed by atoms with Crippen LogP contribution in [0.1, 0.15) is 46.5 Å². The molecule has 0 saturated carbocycles. The van der Waals surface area contributed by atoms with Gasteiger partial charge in [-0.1, -0.05) is 20.8 Å². The number of carbonyl (C=O) groups is 2. The third-order valence-corrected chi connectivity index (χ3v) is 4.16. The van der Waals surface area contributed by atoms with Crippen LogP contribution in [0.15, 0.2) is 0 Å². The van der Waals surface area contributed by atoms with E-state index in [1.54, 1.807) is 23.9 Å². The average Bonchev–Trinajstić information content (AvgIpc) is 2.40. The van der Waals surface area contributed by atoms with Crippen molar-refractivity contribution < 1.29 is 14.3 Å². The standard InChI is InChI=1S/C14H26N2O3/c1-6-9-11(17)19-12-14(7-2,8-3)10-15(4)13(18)16(12)5/h12H,6-10H2,1-5H3. The number of nitrogens with zero attached hydrogens (tertiary/aromatic N) is 2. The molecule has 2 amide bonds. The van der Waals surface area contributed by atoms with Crippen LogP contribution in [0.2, 0.25) is 0 Å². The molecule has 0 radical (unpaired) electrons. The van der Waals surface area contributed by atoms with Crippen LogP contribution in [0.4, 0.5) is 4.79 Å². The van der Waals surface area contributed by atoms with Gasteiger partial charge in [-0.05, 0) is 19.3 Å². The maximum absolute atomic E-state index is 12.1. The molecule has 1 atom stereocenters. The fraction of sp³-hybridized carbons (Fsp3) is 0.857. The summed E-state index contributed by atoms with van der Waals surface area (Å²) in [6.07, 6.45) is 2.45. The van der Waals surface area contributed by atoms with Gasteiger partial charge in [0.25, 0.3) is 0 Å². The van der Waals surface area contributed by atoms with E-state index in [-0.39, 0.29) is 17.4 Å². The van der Waals surface area contributed by atoms with E-state index in [1.807, 2.05) is 6.92 Å². The molecule has 1 aliphatic rings. The third kappa shape index (κ3) is 3.01. The summed E-state index contributed by atoms with van der Waals surface area (Å²) in [7, 11) is 3.50. The Labute approximate surface area is 115 Å². The van der Waals surface area contributed by atoms with Gasteiger partial charge in [0.1, 0.15) is 0 Å². The second-order valence-electron chi connectivity index (χ2n) is 5.41. The maximum atomic E-state index is 12.1. The van der Waals surface area contributed by atoms with Crippen LogP contribution < -0.4 is 0 Å². The molecule has 19 heavy (non-hydrogen) atoms. The lowest BCUT2D eigenvalue weighted by Gasteiger charge is -2.50. The quantitative estimate of drug-likeness (QED) is 0.721. The molecule has 0 aliphatic carbocycles. The van der Waals surface area contributed by atoms with Crippen molar-refractivity contribution in [1.29, 1.82) is 0 Å². The number of carbonyl (C=O) groups excluding carboxylic acids is 2. The molecule has 1 aliphatic heterocycles. The fourth-order valence-electron chi connectivity index (χ4n) is 2.81. The summed E-state index contributed by atoms with van der Waals surface area (Å²) in [5.74, 6) is -0.219. The molecule has 1 heterocycles. The van der Waals surface area contributed by atoms with Gasteiger partial charge in [0, 0.05) is 32.5 Å². The molecule has 110 valence electrons. The Balaban J connectivity index is 2.98. The Bertz CT molecular complexity index is 340. The molecular weight excluding hydrogens is 244 g/mol. The van der Waals surface area contributed by atoms with E-state index in [0.717, 1.165) is 19.3 Å². The highest BCUT2D eigenvalue weighted by molar-refractivity contribution is 5.76. The highest BCUT2D eigenvalue weighted by atomic mass is 16.6. The van der Waals surface area contributed by atoms with Crippen LogP contribution in [-0.2, 0) is 9.53 Å². The number of hydrogen-bond acceptors (Lipinski definition) is 3. The van der Waals surface area contributed by atoms with Crippen molar-refractivity contribution in [2.75, 3.05) is 20.6 Å². The predicted octanol–water partition coefficient (Wildman–Crippen LogP) is 2.46. The first-order chi connectivity index (χ1) is 8.91. The van der Waals surface area contributed by atoms with Crippen molar-refractivity contribution in [2.45, 2.75) is 52.7 Å². The fourth-order valence-corrected chi connectivity index (χ4v) is 2.81. The Hall–Kier alpha value is -1.26. The zero-order valence-electron chi connectivity index (χ0n) is 12.7. The normalized spacial score (nSPS) is 22.6. The van der Waals surface area contributed by atoms with E-state index in [4.69, 9.17) is 4.74 Å². The minimum Gasteiger partial charge on any atom is -0.441 e. The van der Waals surface area contributed by atoms with E-state index in [0.29, 0.717) is 13.0 Å². The SMILES string of the molecule is CCCC(=O)OC1N(C)C(=O)N(C)CC1(CC)CC. The monoisotopic (exact) mass is 270 g/mol. The first-order valence-electron chi connectivity index (χ1n) is 7.09. The minimum atomic E-state index is -0.453. The lowest BCUT2D eigenvalue weighted by molar-refractivity contribution is -0.177. The Morgan fingerprint density at radius 3 is 2.37 bits per heavy atom. The van der Waals surface area contributed by atoms with E-state index < -0.39 is 6.23 Å². The zero-order valence-corrected chi connectivity index (χ0v) is 12.7. The zero-order chi connectivity index (χ0) is 14.6. The van der Waals surface area contributed by atoms with E-state index in [1.165, 1.54) is 0 Å². The molecule has 5 heteroatoms. The van der Waals surface area contributed by atoms with Crippen molar-refractivity contribution in [3.63, 3.8) is 0 Å². The molecule has 1 fully saturated rings. The summed E-state index contributed by atoms with van der Waals surface area (Å²) >= 11 is 0. The molecule has 0 spiro atoms. The number of ether oxygens (including phenoxy) is 1. The first kappa shape index (κ1) is 15.8. The molecular formula is C14H26N2O3. The van der Waals surface area contributed by atoms with Crippen LogP contribution in [0.5, 0.6) is 0 Å². The number of rotatable bonds is 5. The molecule has 0 aromatic heterocycles. The van der Waals surface area contributed by atoms with Gasteiger partial charge in [-0.2, -0.15) is 0 Å². The molecule has 1 saturated heterocycles. The van der Waals surface area contributed by atoms with Gasteiger partial charge in [-0.3, -0.25) is 9.69 Å². The number of urea groups is 1. The largest absolute Gasteiger partial charge is 0.441 e. The van der Waals surface area contributed by atoms with E-state index in [2.05, 4.69) is 13.8 Å². The second-order valence-corrected chi connectivity index (χ2v) is 5.41. The Kier molecular flexibility index (Phi) is 5.20. The maximum Gasteiger partial charge on any atom is 0.322 e. The first-order valence-corrected chi connectivity index (χ1v) is 7.09. The predicted molar refractivity (Wildman–Crippen MR) is 73.6 cm³/mol. The number of amides is 2. The molecule has 1 unspecified atom stereocenters. The third-order valence-electron chi connectivity index (χ3n) is 4.16. The summed E-state index contributed by atoms with van der Waals surface area (Å²) in [6.45, 7) is 6.74. The molecule has 1 rings (SSSR count). The lowest BCUT2D eigenvalue weighted by atomic mass is 9.78. The molecule has 0 bridgehead atoms. The highest BCUT2D eigenvalue weighted by Crippen LogP contribution is 2.38. The van der Waals surface area contributed by atoms with Crippen molar-refractivity contribution in [3.05, 3.63) is 0 Å². The lowest BCUT2D eigenvalue weighted by Crippen LogP contribution is -2.63. The molecule has 0 aromatic rings. The van der Waals surface area contributed by atoms with Crippen LogP contribution in [0.25, 0.3) is 0 Å². The van der Waals surface area contributed by atoms with Gasteiger partial charge in [-0.15, -0.1) is 0 Å². The van der Waals surface area contributed by atoms with Gasteiger partial charge in [-0.25, -0.2) is 4.79 Å². The van der Waals surface area contributed by atoms with Crippen molar-refractivity contribution in [3.8, 4) is 0 Å². The van der Waals surface area contributed by atoms with Crippen LogP contribution in [0, 0.1) is 5.41 Å². The molecule has 5 nitrogen and oxygen atoms in total. The Morgan fingerprint density at radius 2 is 1.89 bits per heavy atom. The average molecular weight is 270 g/mol. The van der Waals surface area contributed by atoms with E-state index >= 15 is 0 Å². The topological polar surface area (TPSA) is 49.9 Å². The van der Waals surface area contributed by atoms with Crippen molar-refractivity contribution in [2.24, 2.45) is 5.41 Å². The molecule has 0 aromatic carbocycles. The van der Waals surface area contributed by atoms with Crippen LogP contribution in [0.3, 0.4) is 0 Å². The van der Waals surface area contributed by atoms with Crippen molar-refractivity contribution >= 4 is 12.0 Å². The van der Waals surface area contributed by atoms with Crippen LogP contribution in [-0.4, -0.2) is 48.7 Å².